The summed E-state index contributed by atoms with van der Waals surface area (Å²) in [6.45, 7) is 4.78. The average Bonchev–Trinajstić information content (AvgIpc) is 3.06. The number of nitrogens with zero attached hydrogens (tertiary/aromatic N) is 1. The van der Waals surface area contributed by atoms with E-state index < -0.39 is 21.5 Å². The molecular formula is C37H40BrCl5FN3O4. The molecule has 0 saturated carbocycles. The summed E-state index contributed by atoms with van der Waals surface area (Å²) < 4.78 is 24.0. The molecule has 5 rings (SSSR count). The van der Waals surface area contributed by atoms with Gasteiger partial charge in [-0.15, -0.1) is 12.4 Å². The molecule has 0 aromatic heterocycles. The lowest BCUT2D eigenvalue weighted by Gasteiger charge is -2.48. The van der Waals surface area contributed by atoms with Crippen molar-refractivity contribution in [3.05, 3.63) is 104 Å². The highest BCUT2D eigenvalue weighted by Crippen LogP contribution is 2.42. The Hall–Kier alpha value is -2.24. The van der Waals surface area contributed by atoms with Crippen molar-refractivity contribution in [2.75, 3.05) is 26.2 Å². The molecule has 2 aliphatic rings. The molecule has 1 unspecified atom stereocenters. The number of hydrogen-bond acceptors (Lipinski definition) is 5. The maximum Gasteiger partial charge on any atom is 0.411 e. The molecule has 1 fully saturated rings. The van der Waals surface area contributed by atoms with Crippen LogP contribution in [-0.2, 0) is 22.4 Å². The van der Waals surface area contributed by atoms with E-state index >= 15 is 0 Å². The summed E-state index contributed by atoms with van der Waals surface area (Å²) in [6.07, 6.45) is 2.63. The first-order chi connectivity index (χ1) is 23.7. The molecule has 1 saturated heterocycles. The van der Waals surface area contributed by atoms with Crippen LogP contribution < -0.4 is 15.4 Å². The largest absolute Gasteiger partial charge is 0.492 e. The number of piperazine rings is 1. The highest BCUT2D eigenvalue weighted by atomic mass is 79.9. The van der Waals surface area contributed by atoms with Gasteiger partial charge in [-0.2, -0.15) is 0 Å². The van der Waals surface area contributed by atoms with Crippen LogP contribution in [0.3, 0.4) is 0 Å². The van der Waals surface area contributed by atoms with Crippen molar-refractivity contribution in [3.63, 3.8) is 0 Å². The highest BCUT2D eigenvalue weighted by Gasteiger charge is 2.49. The third kappa shape index (κ3) is 10.5. The predicted molar refractivity (Wildman–Crippen MR) is 209 cm³/mol. The number of nitrogens with one attached hydrogen (secondary N) is 2. The molecule has 14 heteroatoms. The first kappa shape index (κ1) is 41.5. The molecule has 3 aromatic carbocycles. The number of amides is 2. The number of hydrogen-bond donors (Lipinski definition) is 2. The summed E-state index contributed by atoms with van der Waals surface area (Å²) in [5.74, 6) is -0.143. The molecule has 2 heterocycles. The van der Waals surface area contributed by atoms with Crippen LogP contribution in [0.1, 0.15) is 49.8 Å². The number of ether oxygens (including phenoxy) is 2. The van der Waals surface area contributed by atoms with E-state index in [1.165, 1.54) is 26.0 Å². The Bertz CT molecular complexity index is 1720. The van der Waals surface area contributed by atoms with E-state index in [-0.39, 0.29) is 30.2 Å². The Morgan fingerprint density at radius 3 is 2.45 bits per heavy atom. The van der Waals surface area contributed by atoms with Gasteiger partial charge in [0.25, 0.3) is 0 Å². The van der Waals surface area contributed by atoms with Crippen molar-refractivity contribution in [3.8, 4) is 5.75 Å². The van der Waals surface area contributed by atoms with Gasteiger partial charge in [-0.3, -0.25) is 9.69 Å². The molecule has 0 spiro atoms. The molecule has 0 radical (unpaired) electrons. The van der Waals surface area contributed by atoms with Crippen LogP contribution in [0.5, 0.6) is 5.75 Å². The Labute approximate surface area is 333 Å². The Morgan fingerprint density at radius 2 is 1.75 bits per heavy atom. The van der Waals surface area contributed by atoms with E-state index in [1.54, 1.807) is 11.0 Å². The highest BCUT2D eigenvalue weighted by molar-refractivity contribution is 9.10. The van der Waals surface area contributed by atoms with E-state index in [9.17, 15) is 14.0 Å². The second-order valence-electron chi connectivity index (χ2n) is 12.9. The Kier molecular flexibility index (Phi) is 14.8. The van der Waals surface area contributed by atoms with E-state index in [1.807, 2.05) is 48.5 Å². The summed E-state index contributed by atoms with van der Waals surface area (Å²) in [7, 11) is 0. The number of rotatable bonds is 12. The van der Waals surface area contributed by atoms with Crippen LogP contribution in [0.2, 0.25) is 5.02 Å². The van der Waals surface area contributed by atoms with Crippen molar-refractivity contribution >= 4 is 92.3 Å². The first-order valence-corrected chi connectivity index (χ1v) is 18.8. The number of halogens is 7. The Morgan fingerprint density at radius 1 is 1.02 bits per heavy atom. The summed E-state index contributed by atoms with van der Waals surface area (Å²) in [5.41, 5.74) is 2.97. The van der Waals surface area contributed by atoms with Crippen molar-refractivity contribution < 1.29 is 23.5 Å². The molecule has 51 heavy (non-hydrogen) atoms. The van der Waals surface area contributed by atoms with Crippen LogP contribution in [0.4, 0.5) is 9.18 Å². The van der Waals surface area contributed by atoms with E-state index in [0.717, 1.165) is 35.1 Å². The average molecular weight is 867 g/mol. The van der Waals surface area contributed by atoms with Crippen LogP contribution in [0.15, 0.2) is 76.8 Å². The lowest BCUT2D eigenvalue weighted by molar-refractivity contribution is -0.118. The molecule has 2 atom stereocenters. The molecule has 2 aliphatic heterocycles. The predicted octanol–water partition coefficient (Wildman–Crippen LogP) is 9.51. The Balaban J connectivity index is 0.00000583. The van der Waals surface area contributed by atoms with Crippen molar-refractivity contribution in [1.29, 1.82) is 0 Å². The molecule has 2 amide bonds. The zero-order chi connectivity index (χ0) is 36.1. The number of fused-ring (bicyclic) bond motifs is 2. The minimum Gasteiger partial charge on any atom is -0.492 e. The van der Waals surface area contributed by atoms with Gasteiger partial charge in [0.15, 0.2) is 5.60 Å². The SMILES string of the molecule is CC(C)(OC(=O)N1C2CNC[C@@H]1C(C(=O)NCCCc1ccccc1Cl)=C(c1ccc(CCCOc3cc(F)ccc3Br)cc1)C2)C(Cl)(Cl)Cl.Cl. The van der Waals surface area contributed by atoms with Gasteiger partial charge in [0.1, 0.15) is 11.6 Å². The number of benzene rings is 3. The summed E-state index contributed by atoms with van der Waals surface area (Å²) in [4.78, 5) is 29.4. The molecule has 2 bridgehead atoms. The molecule has 276 valence electrons. The van der Waals surface area contributed by atoms with Crippen molar-refractivity contribution in [2.45, 2.75) is 67.4 Å². The van der Waals surface area contributed by atoms with Crippen LogP contribution in [-0.4, -0.2) is 64.6 Å². The van der Waals surface area contributed by atoms with Crippen LogP contribution >= 0.6 is 74.7 Å². The van der Waals surface area contributed by atoms with Gasteiger partial charge >= 0.3 is 6.09 Å². The smallest absolute Gasteiger partial charge is 0.411 e. The van der Waals surface area contributed by atoms with Gasteiger partial charge in [-0.1, -0.05) is 88.9 Å². The third-order valence-electron chi connectivity index (χ3n) is 8.95. The zero-order valence-electron chi connectivity index (χ0n) is 28.1. The van der Waals surface area contributed by atoms with Gasteiger partial charge in [-0.05, 0) is 102 Å². The van der Waals surface area contributed by atoms with Crippen molar-refractivity contribution in [2.24, 2.45) is 0 Å². The number of carbonyl (C=O) groups excluding carboxylic acids is 2. The topological polar surface area (TPSA) is 79.9 Å². The quantitative estimate of drug-likeness (QED) is 0.140. The molecular weight excluding hydrogens is 827 g/mol. The number of alkyl halides is 3. The van der Waals surface area contributed by atoms with Crippen LogP contribution in [0.25, 0.3) is 5.57 Å². The summed E-state index contributed by atoms with van der Waals surface area (Å²) in [6, 6.07) is 19.2. The number of carbonyl (C=O) groups is 2. The lowest BCUT2D eigenvalue weighted by Crippen LogP contribution is -2.64. The third-order valence-corrected chi connectivity index (χ3v) is 11.3. The van der Waals surface area contributed by atoms with Gasteiger partial charge in [0.2, 0.25) is 9.70 Å². The fourth-order valence-electron chi connectivity index (χ4n) is 6.16. The summed E-state index contributed by atoms with van der Waals surface area (Å²) in [5, 5.41) is 7.17. The van der Waals surface area contributed by atoms with E-state index in [0.29, 0.717) is 66.3 Å². The molecule has 0 aliphatic carbocycles. The van der Waals surface area contributed by atoms with Gasteiger partial charge in [0, 0.05) is 36.3 Å². The fraction of sp³-hybridized carbons (Fsp3) is 0.405. The molecule has 2 N–H and O–H groups in total. The van der Waals surface area contributed by atoms with Gasteiger partial charge in [-0.25, -0.2) is 9.18 Å². The molecule has 3 aromatic rings. The lowest BCUT2D eigenvalue weighted by atomic mass is 9.82. The summed E-state index contributed by atoms with van der Waals surface area (Å²) >= 11 is 28.2. The van der Waals surface area contributed by atoms with E-state index in [2.05, 4.69) is 26.6 Å². The minimum absolute atomic E-state index is 0. The fourth-order valence-corrected chi connectivity index (χ4v) is 6.87. The maximum absolute atomic E-state index is 14.1. The normalized spacial score (nSPS) is 17.5. The minimum atomic E-state index is -1.86. The maximum atomic E-state index is 14.1. The molecule has 7 nitrogen and oxygen atoms in total. The first-order valence-electron chi connectivity index (χ1n) is 16.5. The second kappa shape index (κ2) is 18.2. The van der Waals surface area contributed by atoms with Gasteiger partial charge < -0.3 is 20.1 Å². The zero-order valence-corrected chi connectivity index (χ0v) is 33.6. The van der Waals surface area contributed by atoms with Crippen LogP contribution in [0, 0.1) is 5.82 Å². The second-order valence-corrected chi connectivity index (χ2v) is 16.4. The van der Waals surface area contributed by atoms with Crippen molar-refractivity contribution in [1.82, 2.24) is 15.5 Å². The van der Waals surface area contributed by atoms with E-state index in [4.69, 9.17) is 55.9 Å². The standard InChI is InChI=1S/C37H39BrCl4FN3O4.ClH/c1-36(2,37(40,41)42)50-35(48)46-27-20-28(24-13-11-23(12-14-24)7-6-18-49-32-19-26(43)15-16-29(32)38)33(31(46)22-44-21-27)34(47)45-17-5-9-25-8-3-4-10-30(25)39;/h3-4,8,10-16,19,27,31,44H,5-7,9,17-18,20-22H2,1-2H3,(H,45,47);1H/t27?,31-;/m1./s1. The van der Waals surface area contributed by atoms with Gasteiger partial charge in [0.05, 0.1) is 23.2 Å². The monoisotopic (exact) mass is 863 g/mol. The number of aryl methyl sites for hydroxylation is 2.